The van der Waals surface area contributed by atoms with Gasteiger partial charge >= 0.3 is 0 Å². The fourth-order valence-electron chi connectivity index (χ4n) is 4.87. The molecule has 1 aromatic rings. The van der Waals surface area contributed by atoms with Crippen molar-refractivity contribution in [3.05, 3.63) is 29.8 Å². The second-order valence-corrected chi connectivity index (χ2v) is 7.91. The highest BCUT2D eigenvalue weighted by Gasteiger charge is 2.33. The van der Waals surface area contributed by atoms with Crippen molar-refractivity contribution in [2.24, 2.45) is 0 Å². The Morgan fingerprint density at radius 1 is 1.00 bits per heavy atom. The second kappa shape index (κ2) is 7.46. The van der Waals surface area contributed by atoms with Gasteiger partial charge in [-0.05, 0) is 63.7 Å². The average molecular weight is 341 g/mol. The summed E-state index contributed by atoms with van der Waals surface area (Å²) in [6.45, 7) is 7.62. The van der Waals surface area contributed by atoms with Crippen LogP contribution in [-0.2, 0) is 11.2 Å². The van der Waals surface area contributed by atoms with Gasteiger partial charge in [-0.3, -0.25) is 9.69 Å². The molecule has 0 N–H and O–H groups in total. The summed E-state index contributed by atoms with van der Waals surface area (Å²) < 4.78 is 0. The summed E-state index contributed by atoms with van der Waals surface area (Å²) >= 11 is 0. The number of benzene rings is 1. The molecule has 0 aromatic heterocycles. The summed E-state index contributed by atoms with van der Waals surface area (Å²) in [5.41, 5.74) is 2.44. The molecule has 0 spiro atoms. The molecule has 2 saturated heterocycles. The van der Waals surface area contributed by atoms with Crippen LogP contribution in [0.2, 0.25) is 0 Å². The summed E-state index contributed by atoms with van der Waals surface area (Å²) in [4.78, 5) is 20.2. The molecule has 0 unspecified atom stereocenters. The van der Waals surface area contributed by atoms with Gasteiger partial charge in [0.15, 0.2) is 0 Å². The smallest absolute Gasteiger partial charge is 0.244 e. The molecule has 1 amide bonds. The van der Waals surface area contributed by atoms with Crippen LogP contribution in [-0.4, -0.2) is 60.5 Å². The maximum atomic E-state index is 13.1. The van der Waals surface area contributed by atoms with Gasteiger partial charge in [-0.25, -0.2) is 0 Å². The van der Waals surface area contributed by atoms with Crippen LogP contribution in [0.15, 0.2) is 24.3 Å². The molecule has 0 saturated carbocycles. The van der Waals surface area contributed by atoms with Crippen LogP contribution in [0, 0.1) is 0 Å². The molecule has 4 nitrogen and oxygen atoms in total. The Balaban J connectivity index is 1.34. The zero-order chi connectivity index (χ0) is 17.2. The molecular formula is C21H31N3O. The number of piperidine rings is 2. The Hall–Kier alpha value is -1.39. The van der Waals surface area contributed by atoms with Crippen molar-refractivity contribution >= 4 is 11.6 Å². The van der Waals surface area contributed by atoms with Crippen molar-refractivity contribution in [3.8, 4) is 0 Å². The predicted molar refractivity (Wildman–Crippen MR) is 102 cm³/mol. The fraction of sp³-hybridized carbons (Fsp3) is 0.667. The molecule has 3 heterocycles. The van der Waals surface area contributed by atoms with Gasteiger partial charge in [0.2, 0.25) is 5.91 Å². The lowest BCUT2D eigenvalue weighted by Gasteiger charge is -2.42. The first-order chi connectivity index (χ1) is 12.2. The van der Waals surface area contributed by atoms with E-state index in [1.165, 1.54) is 50.8 Å². The van der Waals surface area contributed by atoms with E-state index in [1.807, 2.05) is 11.0 Å². The van der Waals surface area contributed by atoms with Crippen molar-refractivity contribution in [1.29, 1.82) is 0 Å². The molecular weight excluding hydrogens is 310 g/mol. The molecule has 2 fully saturated rings. The minimum absolute atomic E-state index is 0.00605. The number of carbonyl (C=O) groups is 1. The molecule has 0 aliphatic carbocycles. The zero-order valence-electron chi connectivity index (χ0n) is 15.5. The lowest BCUT2D eigenvalue weighted by Crippen LogP contribution is -2.53. The zero-order valence-corrected chi connectivity index (χ0v) is 15.5. The average Bonchev–Trinajstić information content (AvgIpc) is 3.12. The summed E-state index contributed by atoms with van der Waals surface area (Å²) in [5.74, 6) is 0.279. The van der Waals surface area contributed by atoms with E-state index in [1.54, 1.807) is 0 Å². The van der Waals surface area contributed by atoms with Crippen molar-refractivity contribution in [2.75, 3.05) is 37.6 Å². The Bertz CT molecular complexity index is 603. The largest absolute Gasteiger partial charge is 0.310 e. The first-order valence-corrected chi connectivity index (χ1v) is 10.1. The number of hydrogen-bond donors (Lipinski definition) is 0. The molecule has 0 radical (unpaired) electrons. The number of rotatable bonds is 3. The van der Waals surface area contributed by atoms with Crippen LogP contribution in [0.3, 0.4) is 0 Å². The molecule has 25 heavy (non-hydrogen) atoms. The van der Waals surface area contributed by atoms with Crippen LogP contribution in [0.25, 0.3) is 0 Å². The molecule has 4 rings (SSSR count). The maximum absolute atomic E-state index is 13.1. The molecule has 3 aliphatic heterocycles. The number of likely N-dealkylation sites (tertiary alicyclic amines) is 2. The number of hydrogen-bond acceptors (Lipinski definition) is 3. The van der Waals surface area contributed by atoms with Crippen LogP contribution < -0.4 is 4.90 Å². The van der Waals surface area contributed by atoms with Gasteiger partial charge in [-0.2, -0.15) is 0 Å². The highest BCUT2D eigenvalue weighted by molar-refractivity contribution is 5.98. The quantitative estimate of drug-likeness (QED) is 0.846. The SMILES string of the molecule is C[C@H](C(=O)N1CCc2ccccc21)N1CCC(N2CCCCC2)CC1. The first-order valence-electron chi connectivity index (χ1n) is 10.1. The Morgan fingerprint density at radius 2 is 1.72 bits per heavy atom. The van der Waals surface area contributed by atoms with E-state index in [0.29, 0.717) is 0 Å². The lowest BCUT2D eigenvalue weighted by molar-refractivity contribution is -0.123. The van der Waals surface area contributed by atoms with Crippen molar-refractivity contribution in [3.63, 3.8) is 0 Å². The Labute approximate surface area is 151 Å². The standard InChI is InChI=1S/C21H31N3O/c1-17(21(25)24-16-9-18-7-3-4-8-20(18)24)22-14-10-19(11-15-22)23-12-5-2-6-13-23/h3-4,7-8,17,19H,2,5-6,9-16H2,1H3/t17-/m1/s1. The van der Waals surface area contributed by atoms with E-state index < -0.39 is 0 Å². The van der Waals surface area contributed by atoms with E-state index >= 15 is 0 Å². The predicted octanol–water partition coefficient (Wildman–Crippen LogP) is 2.91. The second-order valence-electron chi connectivity index (χ2n) is 7.91. The summed E-state index contributed by atoms with van der Waals surface area (Å²) in [6.07, 6.45) is 7.55. The molecule has 1 atom stereocenters. The third-order valence-electron chi connectivity index (χ3n) is 6.46. The van der Waals surface area contributed by atoms with Crippen LogP contribution in [0.5, 0.6) is 0 Å². The number of nitrogens with zero attached hydrogens (tertiary/aromatic N) is 3. The van der Waals surface area contributed by atoms with E-state index in [9.17, 15) is 4.79 Å². The van der Waals surface area contributed by atoms with Gasteiger partial charge in [0.1, 0.15) is 0 Å². The Kier molecular flexibility index (Phi) is 5.09. The topological polar surface area (TPSA) is 26.8 Å². The molecule has 1 aromatic carbocycles. The number of para-hydroxylation sites is 1. The molecule has 4 heteroatoms. The van der Waals surface area contributed by atoms with Crippen LogP contribution in [0.1, 0.15) is 44.6 Å². The van der Waals surface area contributed by atoms with E-state index in [-0.39, 0.29) is 11.9 Å². The third-order valence-corrected chi connectivity index (χ3v) is 6.46. The van der Waals surface area contributed by atoms with Gasteiger partial charge in [-0.1, -0.05) is 24.6 Å². The van der Waals surface area contributed by atoms with Gasteiger partial charge in [0.05, 0.1) is 6.04 Å². The fourth-order valence-corrected chi connectivity index (χ4v) is 4.87. The number of carbonyl (C=O) groups excluding carboxylic acids is 1. The van der Waals surface area contributed by atoms with Crippen LogP contribution >= 0.6 is 0 Å². The Morgan fingerprint density at radius 3 is 2.48 bits per heavy atom. The van der Waals surface area contributed by atoms with Gasteiger partial charge in [-0.15, -0.1) is 0 Å². The van der Waals surface area contributed by atoms with Gasteiger partial charge in [0, 0.05) is 31.4 Å². The van der Waals surface area contributed by atoms with Crippen molar-refractivity contribution < 1.29 is 4.79 Å². The third kappa shape index (κ3) is 3.47. The highest BCUT2D eigenvalue weighted by Crippen LogP contribution is 2.29. The summed E-state index contributed by atoms with van der Waals surface area (Å²) in [5, 5.41) is 0. The van der Waals surface area contributed by atoms with Crippen molar-refractivity contribution in [1.82, 2.24) is 9.80 Å². The maximum Gasteiger partial charge on any atom is 0.244 e. The monoisotopic (exact) mass is 341 g/mol. The summed E-state index contributed by atoms with van der Waals surface area (Å²) in [6, 6.07) is 9.09. The number of fused-ring (bicyclic) bond motifs is 1. The number of anilines is 1. The minimum atomic E-state index is -0.00605. The molecule has 0 bridgehead atoms. The molecule has 136 valence electrons. The molecule has 3 aliphatic rings. The van der Waals surface area contributed by atoms with E-state index in [4.69, 9.17) is 0 Å². The van der Waals surface area contributed by atoms with E-state index in [2.05, 4.69) is 34.9 Å². The van der Waals surface area contributed by atoms with Gasteiger partial charge < -0.3 is 9.80 Å². The summed E-state index contributed by atoms with van der Waals surface area (Å²) in [7, 11) is 0. The van der Waals surface area contributed by atoms with Crippen molar-refractivity contribution in [2.45, 2.75) is 57.5 Å². The van der Waals surface area contributed by atoms with E-state index in [0.717, 1.165) is 37.8 Å². The highest BCUT2D eigenvalue weighted by atomic mass is 16.2. The van der Waals surface area contributed by atoms with Crippen LogP contribution in [0.4, 0.5) is 5.69 Å². The normalized spacial score (nSPS) is 24.3. The number of amides is 1. The van der Waals surface area contributed by atoms with Gasteiger partial charge in [0.25, 0.3) is 0 Å². The first kappa shape index (κ1) is 17.0. The minimum Gasteiger partial charge on any atom is -0.310 e. The lowest BCUT2D eigenvalue weighted by atomic mass is 9.98.